The van der Waals surface area contributed by atoms with Gasteiger partial charge in [-0.25, -0.2) is 0 Å². The van der Waals surface area contributed by atoms with Crippen molar-refractivity contribution in [3.8, 4) is 6.07 Å². The minimum atomic E-state index is 0.0849. The normalized spacial score (nSPS) is 21.4. The molecule has 14 heavy (non-hydrogen) atoms. The van der Waals surface area contributed by atoms with Crippen LogP contribution in [0.5, 0.6) is 0 Å². The maximum atomic E-state index is 9.03. The summed E-state index contributed by atoms with van der Waals surface area (Å²) in [5.74, 6) is 0. The van der Waals surface area contributed by atoms with E-state index in [-0.39, 0.29) is 6.04 Å². The molecule has 0 saturated carbocycles. The lowest BCUT2D eigenvalue weighted by molar-refractivity contribution is 0.129. The SMILES string of the molecule is C=CCCC(C#N)N1CCN(C)CC1. The zero-order valence-electron chi connectivity index (χ0n) is 8.95. The van der Waals surface area contributed by atoms with Crippen molar-refractivity contribution < 1.29 is 0 Å². The van der Waals surface area contributed by atoms with Gasteiger partial charge in [-0.3, -0.25) is 4.90 Å². The Morgan fingerprint density at radius 3 is 2.57 bits per heavy atom. The van der Waals surface area contributed by atoms with Gasteiger partial charge >= 0.3 is 0 Å². The molecule has 0 bridgehead atoms. The smallest absolute Gasteiger partial charge is 0.0981 e. The monoisotopic (exact) mass is 193 g/mol. The van der Waals surface area contributed by atoms with Gasteiger partial charge in [-0.15, -0.1) is 6.58 Å². The highest BCUT2D eigenvalue weighted by Gasteiger charge is 2.21. The third-order valence-corrected chi connectivity index (χ3v) is 2.77. The third-order valence-electron chi connectivity index (χ3n) is 2.77. The van der Waals surface area contributed by atoms with Crippen LogP contribution in [0.25, 0.3) is 0 Å². The van der Waals surface area contributed by atoms with Crippen LogP contribution < -0.4 is 0 Å². The van der Waals surface area contributed by atoms with E-state index in [9.17, 15) is 0 Å². The predicted octanol–water partition coefficient (Wildman–Crippen LogP) is 1.09. The van der Waals surface area contributed by atoms with Crippen molar-refractivity contribution in [3.63, 3.8) is 0 Å². The summed E-state index contributed by atoms with van der Waals surface area (Å²) in [6.07, 6.45) is 3.74. The molecule has 0 amide bonds. The Balaban J connectivity index is 2.37. The number of hydrogen-bond acceptors (Lipinski definition) is 3. The lowest BCUT2D eigenvalue weighted by atomic mass is 10.1. The second-order valence-electron chi connectivity index (χ2n) is 3.85. The van der Waals surface area contributed by atoms with Gasteiger partial charge in [-0.2, -0.15) is 5.26 Å². The topological polar surface area (TPSA) is 30.3 Å². The third kappa shape index (κ3) is 3.13. The Morgan fingerprint density at radius 1 is 1.43 bits per heavy atom. The average Bonchev–Trinajstić information content (AvgIpc) is 2.21. The van der Waals surface area contributed by atoms with Crippen molar-refractivity contribution in [1.82, 2.24) is 9.80 Å². The molecule has 0 aromatic carbocycles. The van der Waals surface area contributed by atoms with E-state index in [2.05, 4.69) is 29.5 Å². The summed E-state index contributed by atoms with van der Waals surface area (Å²) in [6.45, 7) is 7.88. The Labute approximate surface area is 86.6 Å². The maximum Gasteiger partial charge on any atom is 0.0981 e. The molecule has 3 heteroatoms. The molecule has 1 aliphatic rings. The Hall–Kier alpha value is -0.850. The summed E-state index contributed by atoms with van der Waals surface area (Å²) in [6, 6.07) is 2.47. The predicted molar refractivity (Wildman–Crippen MR) is 57.9 cm³/mol. The van der Waals surface area contributed by atoms with E-state index < -0.39 is 0 Å². The molecule has 3 nitrogen and oxygen atoms in total. The lowest BCUT2D eigenvalue weighted by Gasteiger charge is -2.34. The number of likely N-dealkylation sites (N-methyl/N-ethyl adjacent to an activating group) is 1. The van der Waals surface area contributed by atoms with Gasteiger partial charge in [0.25, 0.3) is 0 Å². The molecule has 0 aromatic rings. The van der Waals surface area contributed by atoms with E-state index in [1.165, 1.54) is 0 Å². The van der Waals surface area contributed by atoms with Gasteiger partial charge in [-0.05, 0) is 19.9 Å². The highest BCUT2D eigenvalue weighted by Crippen LogP contribution is 2.09. The van der Waals surface area contributed by atoms with Gasteiger partial charge in [0, 0.05) is 26.2 Å². The molecule has 0 spiro atoms. The molecule has 1 saturated heterocycles. The van der Waals surface area contributed by atoms with Crippen LogP contribution in [0.2, 0.25) is 0 Å². The van der Waals surface area contributed by atoms with E-state index in [0.717, 1.165) is 39.0 Å². The molecule has 0 aromatic heterocycles. The molecule has 1 atom stereocenters. The zero-order valence-corrected chi connectivity index (χ0v) is 8.95. The quantitative estimate of drug-likeness (QED) is 0.626. The molecule has 1 heterocycles. The highest BCUT2D eigenvalue weighted by atomic mass is 15.3. The summed E-state index contributed by atoms with van der Waals surface area (Å²) >= 11 is 0. The highest BCUT2D eigenvalue weighted by molar-refractivity contribution is 4.94. The number of piperazine rings is 1. The summed E-state index contributed by atoms with van der Waals surface area (Å²) < 4.78 is 0. The van der Waals surface area contributed by atoms with Crippen molar-refractivity contribution in [2.24, 2.45) is 0 Å². The second kappa shape index (κ2) is 5.79. The molecule has 78 valence electrons. The summed E-state index contributed by atoms with van der Waals surface area (Å²) in [5.41, 5.74) is 0. The number of hydrogen-bond donors (Lipinski definition) is 0. The van der Waals surface area contributed by atoms with Crippen LogP contribution in [0.4, 0.5) is 0 Å². The minimum absolute atomic E-state index is 0.0849. The van der Waals surface area contributed by atoms with Gasteiger partial charge in [0.05, 0.1) is 12.1 Å². The molecule has 1 fully saturated rings. The van der Waals surface area contributed by atoms with Crippen LogP contribution in [0.15, 0.2) is 12.7 Å². The molecule has 0 radical (unpaired) electrons. The van der Waals surface area contributed by atoms with E-state index in [1.807, 2.05) is 6.08 Å². The number of nitriles is 1. The average molecular weight is 193 g/mol. The maximum absolute atomic E-state index is 9.03. The van der Waals surface area contributed by atoms with Gasteiger partial charge in [0.1, 0.15) is 0 Å². The first kappa shape index (κ1) is 11.2. The number of nitrogens with zero attached hydrogens (tertiary/aromatic N) is 3. The molecule has 1 unspecified atom stereocenters. The number of rotatable bonds is 4. The first-order valence-electron chi connectivity index (χ1n) is 5.21. The minimum Gasteiger partial charge on any atom is -0.304 e. The summed E-state index contributed by atoms with van der Waals surface area (Å²) in [7, 11) is 2.13. The van der Waals surface area contributed by atoms with Crippen LogP contribution in [0, 0.1) is 11.3 Å². The first-order chi connectivity index (χ1) is 6.77. The van der Waals surface area contributed by atoms with Crippen molar-refractivity contribution in [2.75, 3.05) is 33.2 Å². The van der Waals surface area contributed by atoms with Crippen molar-refractivity contribution in [1.29, 1.82) is 5.26 Å². The van der Waals surface area contributed by atoms with E-state index >= 15 is 0 Å². The van der Waals surface area contributed by atoms with E-state index in [1.54, 1.807) is 0 Å². The fourth-order valence-corrected chi connectivity index (χ4v) is 1.74. The lowest BCUT2D eigenvalue weighted by Crippen LogP contribution is -2.48. The van der Waals surface area contributed by atoms with Gasteiger partial charge in [0.2, 0.25) is 0 Å². The standard InChI is InChI=1S/C11H19N3/c1-3-4-5-11(10-12)14-8-6-13(2)7-9-14/h3,11H,1,4-9H2,2H3. The molecule has 0 aliphatic carbocycles. The van der Waals surface area contributed by atoms with Crippen LogP contribution in [0.3, 0.4) is 0 Å². The van der Waals surface area contributed by atoms with Gasteiger partial charge < -0.3 is 4.90 Å². The van der Waals surface area contributed by atoms with Crippen LogP contribution >= 0.6 is 0 Å². The molecule has 0 N–H and O–H groups in total. The van der Waals surface area contributed by atoms with E-state index in [4.69, 9.17) is 5.26 Å². The zero-order chi connectivity index (χ0) is 10.4. The van der Waals surface area contributed by atoms with Crippen LogP contribution in [-0.4, -0.2) is 49.1 Å². The fourth-order valence-electron chi connectivity index (χ4n) is 1.74. The van der Waals surface area contributed by atoms with Crippen molar-refractivity contribution >= 4 is 0 Å². The number of allylic oxidation sites excluding steroid dienone is 1. The van der Waals surface area contributed by atoms with Gasteiger partial charge in [-0.1, -0.05) is 6.08 Å². The van der Waals surface area contributed by atoms with E-state index in [0.29, 0.717) is 0 Å². The van der Waals surface area contributed by atoms with Crippen LogP contribution in [0.1, 0.15) is 12.8 Å². The molecular weight excluding hydrogens is 174 g/mol. The Morgan fingerprint density at radius 2 is 2.07 bits per heavy atom. The summed E-state index contributed by atoms with van der Waals surface area (Å²) in [5, 5.41) is 9.03. The fraction of sp³-hybridized carbons (Fsp3) is 0.727. The summed E-state index contributed by atoms with van der Waals surface area (Å²) in [4.78, 5) is 4.59. The Bertz CT molecular complexity index is 211. The molecule has 1 rings (SSSR count). The Kier molecular flexibility index (Phi) is 4.64. The second-order valence-corrected chi connectivity index (χ2v) is 3.85. The van der Waals surface area contributed by atoms with Crippen LogP contribution in [-0.2, 0) is 0 Å². The largest absolute Gasteiger partial charge is 0.304 e. The van der Waals surface area contributed by atoms with Gasteiger partial charge in [0.15, 0.2) is 0 Å². The molecular formula is C11H19N3. The van der Waals surface area contributed by atoms with Crippen molar-refractivity contribution in [2.45, 2.75) is 18.9 Å². The van der Waals surface area contributed by atoms with Crippen molar-refractivity contribution in [3.05, 3.63) is 12.7 Å². The molecule has 1 aliphatic heterocycles. The first-order valence-corrected chi connectivity index (χ1v) is 5.21.